The Bertz CT molecular complexity index is 394. The van der Waals surface area contributed by atoms with Crippen molar-refractivity contribution in [2.75, 3.05) is 25.4 Å². The summed E-state index contributed by atoms with van der Waals surface area (Å²) in [5.41, 5.74) is 6.89. The molecule has 18 heavy (non-hydrogen) atoms. The lowest BCUT2D eigenvalue weighted by atomic mass is 9.83. The predicted molar refractivity (Wildman–Crippen MR) is 75.8 cm³/mol. The number of rotatable bonds is 5. The molecule has 0 spiro atoms. The van der Waals surface area contributed by atoms with Crippen LogP contribution >= 0.6 is 0 Å². The van der Waals surface area contributed by atoms with Crippen molar-refractivity contribution in [1.29, 1.82) is 0 Å². The Kier molecular flexibility index (Phi) is 5.37. The Labute approximate surface area is 111 Å². The van der Waals surface area contributed by atoms with Crippen LogP contribution in [0.3, 0.4) is 0 Å². The Hall–Kier alpha value is -0.390. The number of hydrogen-bond acceptors (Lipinski definition) is 3. The third-order valence-electron chi connectivity index (χ3n) is 3.39. The van der Waals surface area contributed by atoms with E-state index in [-0.39, 0.29) is 11.2 Å². The highest BCUT2D eigenvalue weighted by Gasteiger charge is 2.27. The number of nitrogens with zero attached hydrogens (tertiary/aromatic N) is 1. The van der Waals surface area contributed by atoms with Gasteiger partial charge in [0.15, 0.2) is 0 Å². The summed E-state index contributed by atoms with van der Waals surface area (Å²) in [5, 5.41) is 0. The van der Waals surface area contributed by atoms with Crippen molar-refractivity contribution in [2.24, 2.45) is 11.1 Å². The topological polar surface area (TPSA) is 63.4 Å². The maximum absolute atomic E-state index is 12.1. The largest absolute Gasteiger partial charge is 0.330 e. The van der Waals surface area contributed by atoms with Crippen LogP contribution in [-0.2, 0) is 10.0 Å². The molecule has 106 valence electrons. The van der Waals surface area contributed by atoms with Crippen molar-refractivity contribution < 1.29 is 8.42 Å². The first kappa shape index (κ1) is 15.7. The second-order valence-corrected chi connectivity index (χ2v) is 7.99. The first-order chi connectivity index (χ1) is 8.27. The lowest BCUT2D eigenvalue weighted by Gasteiger charge is -2.31. The van der Waals surface area contributed by atoms with Gasteiger partial charge in [-0.25, -0.2) is 8.42 Å². The zero-order chi connectivity index (χ0) is 13.8. The van der Waals surface area contributed by atoms with Gasteiger partial charge in [0, 0.05) is 13.1 Å². The van der Waals surface area contributed by atoms with Crippen molar-refractivity contribution in [3.05, 3.63) is 11.6 Å². The molecule has 1 heterocycles. The fraction of sp³-hybridized carbons (Fsp3) is 0.846. The summed E-state index contributed by atoms with van der Waals surface area (Å²) in [7, 11) is -3.09. The molecule has 1 rings (SSSR count). The molecule has 0 aromatic heterocycles. The first-order valence-corrected chi connectivity index (χ1v) is 8.25. The molecule has 0 bridgehead atoms. The average Bonchev–Trinajstić information content (AvgIpc) is 2.28. The van der Waals surface area contributed by atoms with Crippen molar-refractivity contribution in [1.82, 2.24) is 4.31 Å². The predicted octanol–water partition coefficient (Wildman–Crippen LogP) is 1.73. The molecular formula is C13H26N2O2S. The minimum absolute atomic E-state index is 0.148. The van der Waals surface area contributed by atoms with Crippen LogP contribution in [0.1, 0.15) is 40.0 Å². The van der Waals surface area contributed by atoms with Gasteiger partial charge in [-0.3, -0.25) is 0 Å². The Morgan fingerprint density at radius 2 is 2.00 bits per heavy atom. The van der Waals surface area contributed by atoms with E-state index in [4.69, 9.17) is 5.73 Å². The number of nitrogens with two attached hydrogens (primary N) is 1. The van der Waals surface area contributed by atoms with Gasteiger partial charge in [0.05, 0.1) is 5.75 Å². The molecule has 1 aliphatic rings. The van der Waals surface area contributed by atoms with Crippen molar-refractivity contribution in [3.8, 4) is 0 Å². The molecule has 0 fully saturated rings. The third-order valence-corrected chi connectivity index (χ3v) is 5.31. The SMILES string of the molecule is CC(C)(C)C1=CCN(S(=O)(=O)CCCCN)CC1. The Morgan fingerprint density at radius 1 is 1.33 bits per heavy atom. The normalized spacial score (nSPS) is 18.8. The van der Waals surface area contributed by atoms with Crippen LogP contribution in [0.15, 0.2) is 11.6 Å². The Morgan fingerprint density at radius 3 is 2.44 bits per heavy atom. The van der Waals surface area contributed by atoms with Gasteiger partial charge in [-0.1, -0.05) is 32.4 Å². The monoisotopic (exact) mass is 274 g/mol. The van der Waals surface area contributed by atoms with E-state index in [9.17, 15) is 8.42 Å². The highest BCUT2D eigenvalue weighted by molar-refractivity contribution is 7.89. The fourth-order valence-corrected chi connectivity index (χ4v) is 3.64. The van der Waals surface area contributed by atoms with Gasteiger partial charge >= 0.3 is 0 Å². The minimum atomic E-state index is -3.09. The van der Waals surface area contributed by atoms with Crippen molar-refractivity contribution in [3.63, 3.8) is 0 Å². The van der Waals surface area contributed by atoms with Crippen molar-refractivity contribution in [2.45, 2.75) is 40.0 Å². The lowest BCUT2D eigenvalue weighted by molar-refractivity contribution is 0.389. The molecule has 0 saturated heterocycles. The van der Waals surface area contributed by atoms with Crippen LogP contribution < -0.4 is 5.73 Å². The summed E-state index contributed by atoms with van der Waals surface area (Å²) in [6.45, 7) is 8.22. The van der Waals surface area contributed by atoms with Crippen LogP contribution in [0.2, 0.25) is 0 Å². The molecule has 0 aromatic carbocycles. The van der Waals surface area contributed by atoms with E-state index in [2.05, 4.69) is 26.8 Å². The molecule has 0 amide bonds. The van der Waals surface area contributed by atoms with Gasteiger partial charge in [0.2, 0.25) is 10.0 Å². The zero-order valence-corrected chi connectivity index (χ0v) is 12.6. The number of sulfonamides is 1. The highest BCUT2D eigenvalue weighted by Crippen LogP contribution is 2.30. The summed E-state index contributed by atoms with van der Waals surface area (Å²) in [5.74, 6) is 0.225. The van der Waals surface area contributed by atoms with E-state index < -0.39 is 10.0 Å². The molecule has 0 aliphatic carbocycles. The second-order valence-electron chi connectivity index (χ2n) is 5.90. The molecular weight excluding hydrogens is 248 g/mol. The summed E-state index contributed by atoms with van der Waals surface area (Å²) >= 11 is 0. The van der Waals surface area contributed by atoms with E-state index >= 15 is 0 Å². The molecule has 2 N–H and O–H groups in total. The van der Waals surface area contributed by atoms with E-state index in [1.165, 1.54) is 5.57 Å². The maximum atomic E-state index is 12.1. The third kappa shape index (κ3) is 4.37. The van der Waals surface area contributed by atoms with Crippen LogP contribution in [0.4, 0.5) is 0 Å². The number of hydrogen-bond donors (Lipinski definition) is 1. The maximum Gasteiger partial charge on any atom is 0.214 e. The molecule has 0 saturated carbocycles. The quantitative estimate of drug-likeness (QED) is 0.613. The van der Waals surface area contributed by atoms with Gasteiger partial charge in [-0.2, -0.15) is 4.31 Å². The van der Waals surface area contributed by atoms with E-state index in [0.717, 1.165) is 12.8 Å². The lowest BCUT2D eigenvalue weighted by Crippen LogP contribution is -2.37. The minimum Gasteiger partial charge on any atom is -0.330 e. The van der Waals surface area contributed by atoms with Crippen LogP contribution in [-0.4, -0.2) is 38.1 Å². The summed E-state index contributed by atoms with van der Waals surface area (Å²) < 4.78 is 25.7. The Balaban J connectivity index is 2.59. The molecule has 0 aromatic rings. The second kappa shape index (κ2) is 6.17. The van der Waals surface area contributed by atoms with E-state index in [1.54, 1.807) is 4.31 Å². The molecule has 5 heteroatoms. The molecule has 0 atom stereocenters. The van der Waals surface area contributed by atoms with E-state index in [1.807, 2.05) is 0 Å². The first-order valence-electron chi connectivity index (χ1n) is 6.65. The van der Waals surface area contributed by atoms with E-state index in [0.29, 0.717) is 26.1 Å². The smallest absolute Gasteiger partial charge is 0.214 e. The van der Waals surface area contributed by atoms with Gasteiger partial charge in [-0.15, -0.1) is 0 Å². The highest BCUT2D eigenvalue weighted by atomic mass is 32.2. The van der Waals surface area contributed by atoms with Crippen LogP contribution in [0.5, 0.6) is 0 Å². The van der Waals surface area contributed by atoms with Crippen LogP contribution in [0.25, 0.3) is 0 Å². The van der Waals surface area contributed by atoms with Crippen molar-refractivity contribution >= 4 is 10.0 Å². The van der Waals surface area contributed by atoms with Crippen LogP contribution in [0, 0.1) is 5.41 Å². The standard InChI is InChI=1S/C13H26N2O2S/c1-13(2,3)12-6-9-15(10-7-12)18(16,17)11-5-4-8-14/h6H,4-5,7-11,14H2,1-3H3. The number of unbranched alkanes of at least 4 members (excludes halogenated alkanes) is 1. The van der Waals surface area contributed by atoms with Gasteiger partial charge in [-0.05, 0) is 31.2 Å². The fourth-order valence-electron chi connectivity index (χ4n) is 2.14. The molecule has 4 nitrogen and oxygen atoms in total. The van der Waals surface area contributed by atoms with Gasteiger partial charge in [0.1, 0.15) is 0 Å². The zero-order valence-electron chi connectivity index (χ0n) is 11.8. The summed E-state index contributed by atoms with van der Waals surface area (Å²) in [6, 6.07) is 0. The molecule has 0 radical (unpaired) electrons. The average molecular weight is 274 g/mol. The molecule has 1 aliphatic heterocycles. The molecule has 0 unspecified atom stereocenters. The van der Waals surface area contributed by atoms with Gasteiger partial charge < -0.3 is 5.73 Å². The summed E-state index contributed by atoms with van der Waals surface area (Å²) in [4.78, 5) is 0. The van der Waals surface area contributed by atoms with Gasteiger partial charge in [0.25, 0.3) is 0 Å². The summed E-state index contributed by atoms with van der Waals surface area (Å²) in [6.07, 6.45) is 4.35.